The number of ether oxygens (including phenoxy) is 3. The highest BCUT2D eigenvalue weighted by atomic mass is 16.5. The van der Waals surface area contributed by atoms with Gasteiger partial charge in [0.25, 0.3) is 0 Å². The van der Waals surface area contributed by atoms with Gasteiger partial charge in [-0.3, -0.25) is 0 Å². The SMILES string of the molecule is COc1ccc(Cc2ccc(OC)c(Cc3ccc(OC)cc3)c2O)cc1. The molecule has 0 bridgehead atoms. The molecule has 4 nitrogen and oxygen atoms in total. The van der Waals surface area contributed by atoms with Gasteiger partial charge in [-0.05, 0) is 47.0 Å². The van der Waals surface area contributed by atoms with Gasteiger partial charge in [0.1, 0.15) is 23.0 Å². The van der Waals surface area contributed by atoms with Crippen LogP contribution in [0.1, 0.15) is 22.3 Å². The van der Waals surface area contributed by atoms with Crippen LogP contribution < -0.4 is 14.2 Å². The molecule has 0 spiro atoms. The number of aromatic hydroxyl groups is 1. The van der Waals surface area contributed by atoms with Gasteiger partial charge in [-0.2, -0.15) is 0 Å². The van der Waals surface area contributed by atoms with E-state index in [0.29, 0.717) is 18.6 Å². The van der Waals surface area contributed by atoms with Crippen LogP contribution in [0.15, 0.2) is 60.7 Å². The second-order valence-corrected chi connectivity index (χ2v) is 6.30. The van der Waals surface area contributed by atoms with E-state index in [1.54, 1.807) is 21.3 Å². The Morgan fingerprint density at radius 2 is 1.15 bits per heavy atom. The Kier molecular flexibility index (Phi) is 5.87. The van der Waals surface area contributed by atoms with Crippen molar-refractivity contribution in [1.29, 1.82) is 0 Å². The number of hydrogen-bond donors (Lipinski definition) is 1. The van der Waals surface area contributed by atoms with Gasteiger partial charge in [0.2, 0.25) is 0 Å². The quantitative estimate of drug-likeness (QED) is 0.666. The van der Waals surface area contributed by atoms with Crippen molar-refractivity contribution < 1.29 is 19.3 Å². The Hall–Kier alpha value is -3.14. The van der Waals surface area contributed by atoms with Crippen molar-refractivity contribution in [2.45, 2.75) is 12.8 Å². The van der Waals surface area contributed by atoms with E-state index in [4.69, 9.17) is 14.2 Å². The lowest BCUT2D eigenvalue weighted by molar-refractivity contribution is 0.399. The third kappa shape index (κ3) is 4.34. The van der Waals surface area contributed by atoms with Gasteiger partial charge in [0.05, 0.1) is 21.3 Å². The molecule has 0 heterocycles. The van der Waals surface area contributed by atoms with Crippen LogP contribution in [0.5, 0.6) is 23.0 Å². The molecule has 0 saturated heterocycles. The topological polar surface area (TPSA) is 47.9 Å². The minimum atomic E-state index is 0.279. The zero-order valence-electron chi connectivity index (χ0n) is 15.9. The first-order chi connectivity index (χ1) is 13.1. The molecule has 0 unspecified atom stereocenters. The maximum Gasteiger partial charge on any atom is 0.126 e. The average molecular weight is 364 g/mol. The first kappa shape index (κ1) is 18.6. The second-order valence-electron chi connectivity index (χ2n) is 6.30. The fourth-order valence-electron chi connectivity index (χ4n) is 3.08. The molecule has 0 aliphatic rings. The van der Waals surface area contributed by atoms with Crippen molar-refractivity contribution in [2.24, 2.45) is 0 Å². The lowest BCUT2D eigenvalue weighted by atomic mass is 9.96. The van der Waals surface area contributed by atoms with E-state index in [1.807, 2.05) is 60.7 Å². The molecule has 3 aromatic carbocycles. The van der Waals surface area contributed by atoms with Crippen LogP contribution in [0, 0.1) is 0 Å². The number of phenolic OH excluding ortho intramolecular Hbond substituents is 1. The van der Waals surface area contributed by atoms with Crippen LogP contribution in [0.3, 0.4) is 0 Å². The summed E-state index contributed by atoms with van der Waals surface area (Å²) in [5.74, 6) is 2.59. The third-order valence-corrected chi connectivity index (χ3v) is 4.64. The highest BCUT2D eigenvalue weighted by Gasteiger charge is 2.14. The zero-order valence-corrected chi connectivity index (χ0v) is 15.9. The summed E-state index contributed by atoms with van der Waals surface area (Å²) in [6.07, 6.45) is 1.21. The summed E-state index contributed by atoms with van der Waals surface area (Å²) in [7, 11) is 4.91. The summed E-state index contributed by atoms with van der Waals surface area (Å²) in [4.78, 5) is 0. The Labute approximate surface area is 160 Å². The van der Waals surface area contributed by atoms with Crippen LogP contribution >= 0.6 is 0 Å². The van der Waals surface area contributed by atoms with Gasteiger partial charge in [0, 0.05) is 18.4 Å². The average Bonchev–Trinajstić information content (AvgIpc) is 2.72. The molecule has 0 aliphatic carbocycles. The van der Waals surface area contributed by atoms with E-state index in [-0.39, 0.29) is 5.75 Å². The van der Waals surface area contributed by atoms with Crippen molar-refractivity contribution in [2.75, 3.05) is 21.3 Å². The predicted molar refractivity (Wildman–Crippen MR) is 106 cm³/mol. The van der Waals surface area contributed by atoms with Crippen molar-refractivity contribution in [3.05, 3.63) is 82.9 Å². The van der Waals surface area contributed by atoms with E-state index >= 15 is 0 Å². The van der Waals surface area contributed by atoms with Crippen LogP contribution in [-0.4, -0.2) is 26.4 Å². The van der Waals surface area contributed by atoms with E-state index in [2.05, 4.69) is 0 Å². The smallest absolute Gasteiger partial charge is 0.126 e. The minimum Gasteiger partial charge on any atom is -0.507 e. The largest absolute Gasteiger partial charge is 0.507 e. The third-order valence-electron chi connectivity index (χ3n) is 4.64. The van der Waals surface area contributed by atoms with Gasteiger partial charge in [0.15, 0.2) is 0 Å². The Morgan fingerprint density at radius 3 is 1.63 bits per heavy atom. The van der Waals surface area contributed by atoms with Crippen LogP contribution in [-0.2, 0) is 12.8 Å². The van der Waals surface area contributed by atoms with Crippen LogP contribution in [0.25, 0.3) is 0 Å². The lowest BCUT2D eigenvalue weighted by Crippen LogP contribution is -1.99. The second kappa shape index (κ2) is 8.49. The molecule has 0 aromatic heterocycles. The number of benzene rings is 3. The van der Waals surface area contributed by atoms with E-state index < -0.39 is 0 Å². The molecule has 0 fully saturated rings. The first-order valence-corrected chi connectivity index (χ1v) is 8.78. The van der Waals surface area contributed by atoms with E-state index in [1.165, 1.54) is 0 Å². The standard InChI is InChI=1S/C23H24O4/c1-25-19-9-4-16(5-10-19)14-18-8-13-22(27-3)21(23(18)24)15-17-6-11-20(26-2)12-7-17/h4-13,24H,14-15H2,1-3H3. The van der Waals surface area contributed by atoms with Gasteiger partial charge < -0.3 is 19.3 Å². The summed E-state index contributed by atoms with van der Waals surface area (Å²) in [6, 6.07) is 19.5. The maximum absolute atomic E-state index is 10.9. The van der Waals surface area contributed by atoms with Crippen LogP contribution in [0.2, 0.25) is 0 Å². The van der Waals surface area contributed by atoms with Gasteiger partial charge in [-0.25, -0.2) is 0 Å². The first-order valence-electron chi connectivity index (χ1n) is 8.78. The number of phenols is 1. The summed E-state index contributed by atoms with van der Waals surface area (Å²) >= 11 is 0. The molecular weight excluding hydrogens is 340 g/mol. The fraction of sp³-hybridized carbons (Fsp3) is 0.217. The van der Waals surface area contributed by atoms with Crippen molar-refractivity contribution in [3.63, 3.8) is 0 Å². The summed E-state index contributed by atoms with van der Waals surface area (Å²) in [5.41, 5.74) is 3.83. The number of rotatable bonds is 7. The molecule has 3 aromatic rings. The molecule has 0 saturated carbocycles. The maximum atomic E-state index is 10.9. The van der Waals surface area contributed by atoms with Crippen molar-refractivity contribution in [1.82, 2.24) is 0 Å². The Bertz CT molecular complexity index is 884. The Morgan fingerprint density at radius 1 is 0.630 bits per heavy atom. The molecule has 4 heteroatoms. The highest BCUT2D eigenvalue weighted by molar-refractivity contribution is 5.53. The number of methoxy groups -OCH3 is 3. The van der Waals surface area contributed by atoms with E-state index in [9.17, 15) is 5.11 Å². The number of hydrogen-bond acceptors (Lipinski definition) is 4. The van der Waals surface area contributed by atoms with E-state index in [0.717, 1.165) is 33.8 Å². The zero-order chi connectivity index (χ0) is 19.2. The van der Waals surface area contributed by atoms with Gasteiger partial charge in [-0.1, -0.05) is 30.3 Å². The molecular formula is C23H24O4. The minimum absolute atomic E-state index is 0.279. The molecule has 0 atom stereocenters. The summed E-state index contributed by atoms with van der Waals surface area (Å²) < 4.78 is 15.9. The van der Waals surface area contributed by atoms with Gasteiger partial charge >= 0.3 is 0 Å². The predicted octanol–water partition coefficient (Wildman–Crippen LogP) is 4.60. The molecule has 3 rings (SSSR count). The normalized spacial score (nSPS) is 10.5. The highest BCUT2D eigenvalue weighted by Crippen LogP contribution is 2.35. The monoisotopic (exact) mass is 364 g/mol. The molecule has 1 N–H and O–H groups in total. The van der Waals surface area contributed by atoms with Gasteiger partial charge in [-0.15, -0.1) is 0 Å². The lowest BCUT2D eigenvalue weighted by Gasteiger charge is -2.15. The molecule has 140 valence electrons. The summed E-state index contributed by atoms with van der Waals surface area (Å²) in [5, 5.41) is 10.9. The van der Waals surface area contributed by atoms with Crippen LogP contribution in [0.4, 0.5) is 0 Å². The molecule has 27 heavy (non-hydrogen) atoms. The van der Waals surface area contributed by atoms with Crippen molar-refractivity contribution in [3.8, 4) is 23.0 Å². The summed E-state index contributed by atoms with van der Waals surface area (Å²) in [6.45, 7) is 0. The molecule has 0 aliphatic heterocycles. The van der Waals surface area contributed by atoms with Crippen molar-refractivity contribution >= 4 is 0 Å². The molecule has 0 amide bonds. The fourth-order valence-corrected chi connectivity index (χ4v) is 3.08. The Balaban J connectivity index is 1.88. The molecule has 0 radical (unpaired) electrons.